The summed E-state index contributed by atoms with van der Waals surface area (Å²) in [5, 5.41) is 10.7. The Kier molecular flexibility index (Phi) is 7.05. The predicted molar refractivity (Wildman–Crippen MR) is 82.6 cm³/mol. The van der Waals surface area contributed by atoms with Crippen LogP contribution in [0.4, 0.5) is 11.4 Å². The molecule has 0 spiro atoms. The SMILES string of the molecule is CNC.O=[As](O)(O)c1ccc(N=Nc2ccccc2)cc1. The Hall–Kier alpha value is -1.72. The van der Waals surface area contributed by atoms with E-state index in [-0.39, 0.29) is 4.35 Å². The molecule has 0 unspecified atom stereocenters. The molecule has 0 atom stereocenters. The molecule has 7 heteroatoms. The molecular formula is C14H18AsN3O3. The van der Waals surface area contributed by atoms with E-state index in [1.54, 1.807) is 0 Å². The van der Waals surface area contributed by atoms with Crippen LogP contribution in [0.15, 0.2) is 64.8 Å². The Labute approximate surface area is 126 Å². The molecule has 0 heterocycles. The van der Waals surface area contributed by atoms with Crippen LogP contribution in [0.1, 0.15) is 0 Å². The monoisotopic (exact) mass is 351 g/mol. The molecule has 2 aromatic carbocycles. The van der Waals surface area contributed by atoms with Crippen molar-refractivity contribution in [2.45, 2.75) is 0 Å². The third kappa shape index (κ3) is 6.51. The summed E-state index contributed by atoms with van der Waals surface area (Å²) in [6.45, 7) is 0. The molecule has 6 nitrogen and oxygen atoms in total. The van der Waals surface area contributed by atoms with Crippen molar-refractivity contribution in [1.82, 2.24) is 5.32 Å². The second-order valence-electron chi connectivity index (χ2n) is 4.10. The van der Waals surface area contributed by atoms with Crippen molar-refractivity contribution in [3.63, 3.8) is 0 Å². The van der Waals surface area contributed by atoms with E-state index in [0.717, 1.165) is 5.69 Å². The van der Waals surface area contributed by atoms with Gasteiger partial charge in [-0.15, -0.1) is 0 Å². The number of azo groups is 1. The van der Waals surface area contributed by atoms with Crippen molar-refractivity contribution in [2.24, 2.45) is 10.2 Å². The molecule has 0 aliphatic rings. The van der Waals surface area contributed by atoms with Crippen molar-refractivity contribution in [2.75, 3.05) is 14.1 Å². The van der Waals surface area contributed by atoms with Crippen LogP contribution in [-0.2, 0) is 3.74 Å². The summed E-state index contributed by atoms with van der Waals surface area (Å²) in [7, 11) is 3.75. The quantitative estimate of drug-likeness (QED) is 0.577. The zero-order valence-electron chi connectivity index (χ0n) is 11.8. The molecule has 0 bridgehead atoms. The number of nitrogens with one attached hydrogen (secondary N) is 1. The van der Waals surface area contributed by atoms with Gasteiger partial charge in [0, 0.05) is 0 Å². The fourth-order valence-corrected chi connectivity index (χ4v) is 2.45. The molecule has 0 aliphatic carbocycles. The Morgan fingerprint density at radius 2 is 1.29 bits per heavy atom. The molecule has 0 amide bonds. The van der Waals surface area contributed by atoms with E-state index in [1.165, 1.54) is 24.3 Å². The van der Waals surface area contributed by atoms with E-state index in [4.69, 9.17) is 8.19 Å². The van der Waals surface area contributed by atoms with Gasteiger partial charge in [-0.1, -0.05) is 0 Å². The summed E-state index contributed by atoms with van der Waals surface area (Å²) >= 11 is -4.80. The zero-order chi connectivity index (χ0) is 15.7. The molecule has 0 aliphatic heterocycles. The van der Waals surface area contributed by atoms with Crippen LogP contribution in [-0.4, -0.2) is 36.5 Å². The number of hydrogen-bond donors (Lipinski definition) is 3. The fourth-order valence-electron chi connectivity index (χ4n) is 1.32. The summed E-state index contributed by atoms with van der Waals surface area (Å²) in [5.41, 5.74) is 1.27. The van der Waals surface area contributed by atoms with Gasteiger partial charge >= 0.3 is 107 Å². The zero-order valence-corrected chi connectivity index (χ0v) is 13.7. The Balaban J connectivity index is 0.000000677. The summed E-state index contributed by atoms with van der Waals surface area (Å²) < 4.78 is 29.1. The molecule has 2 rings (SSSR count). The van der Waals surface area contributed by atoms with Crippen molar-refractivity contribution in [3.8, 4) is 0 Å². The van der Waals surface area contributed by atoms with Crippen molar-refractivity contribution in [1.29, 1.82) is 0 Å². The third-order valence-electron chi connectivity index (χ3n) is 2.22. The van der Waals surface area contributed by atoms with Gasteiger partial charge in [0.25, 0.3) is 0 Å². The van der Waals surface area contributed by atoms with Gasteiger partial charge in [-0.05, 0) is 14.1 Å². The Morgan fingerprint density at radius 3 is 1.71 bits per heavy atom. The van der Waals surface area contributed by atoms with Gasteiger partial charge in [0.2, 0.25) is 0 Å². The molecular weight excluding hydrogens is 333 g/mol. The summed E-state index contributed by atoms with van der Waals surface area (Å²) in [6.07, 6.45) is 0. The molecule has 3 N–H and O–H groups in total. The Morgan fingerprint density at radius 1 is 0.857 bits per heavy atom. The van der Waals surface area contributed by atoms with E-state index < -0.39 is 14.2 Å². The molecule has 0 radical (unpaired) electrons. The second kappa shape index (κ2) is 8.54. The predicted octanol–water partition coefficient (Wildman–Crippen LogP) is 1.50. The molecule has 0 saturated carbocycles. The molecule has 2 aromatic rings. The molecule has 0 saturated heterocycles. The van der Waals surface area contributed by atoms with Gasteiger partial charge in [-0.2, -0.15) is 0 Å². The average Bonchev–Trinajstić information content (AvgIpc) is 2.47. The van der Waals surface area contributed by atoms with Gasteiger partial charge in [-0.25, -0.2) is 0 Å². The normalized spacial score (nSPS) is 11.0. The first-order chi connectivity index (χ1) is 9.97. The molecule has 0 fully saturated rings. The van der Waals surface area contributed by atoms with Crippen LogP contribution in [0.5, 0.6) is 0 Å². The number of benzene rings is 2. The minimum absolute atomic E-state index is 0.0341. The van der Waals surface area contributed by atoms with E-state index >= 15 is 0 Å². The average molecular weight is 351 g/mol. The standard InChI is InChI=1S/C12H11AsN2O3.C2H7N/c16-13(17,18)10-6-8-12(9-7-10)15-14-11-4-2-1-3-5-11;1-3-2/h1-9H,(H2,16,17,18);3H,1-2H3. The van der Waals surface area contributed by atoms with Gasteiger partial charge in [-0.3, -0.25) is 0 Å². The van der Waals surface area contributed by atoms with Crippen LogP contribution in [0, 0.1) is 0 Å². The van der Waals surface area contributed by atoms with Crippen molar-refractivity contribution < 1.29 is 11.9 Å². The Bertz CT molecular complexity index is 609. The summed E-state index contributed by atoms with van der Waals surface area (Å²) in [6, 6.07) is 15.0. The van der Waals surface area contributed by atoms with E-state index in [2.05, 4.69) is 15.5 Å². The van der Waals surface area contributed by atoms with Crippen LogP contribution >= 0.6 is 0 Å². The number of rotatable bonds is 3. The molecule has 112 valence electrons. The molecule has 21 heavy (non-hydrogen) atoms. The van der Waals surface area contributed by atoms with Gasteiger partial charge in [0.15, 0.2) is 0 Å². The van der Waals surface area contributed by atoms with Gasteiger partial charge in [0.1, 0.15) is 0 Å². The first kappa shape index (κ1) is 17.3. The number of nitrogens with zero attached hydrogens (tertiary/aromatic N) is 2. The number of hydrogen-bond acceptors (Lipinski definition) is 4. The van der Waals surface area contributed by atoms with Crippen LogP contribution < -0.4 is 9.67 Å². The second-order valence-corrected chi connectivity index (χ2v) is 7.46. The summed E-state index contributed by atoms with van der Waals surface area (Å²) in [5.74, 6) is 0. The first-order valence-corrected chi connectivity index (χ1v) is 9.57. The van der Waals surface area contributed by atoms with Crippen LogP contribution in [0.25, 0.3) is 0 Å². The van der Waals surface area contributed by atoms with Crippen LogP contribution in [0.3, 0.4) is 0 Å². The van der Waals surface area contributed by atoms with Gasteiger partial charge < -0.3 is 5.32 Å². The minimum atomic E-state index is -4.80. The van der Waals surface area contributed by atoms with E-state index in [9.17, 15) is 3.74 Å². The maximum atomic E-state index is 11.0. The third-order valence-corrected chi connectivity index (χ3v) is 4.26. The van der Waals surface area contributed by atoms with Crippen molar-refractivity contribution >= 4 is 29.9 Å². The fraction of sp³-hybridized carbons (Fsp3) is 0.143. The van der Waals surface area contributed by atoms with Crippen LogP contribution in [0.2, 0.25) is 0 Å². The van der Waals surface area contributed by atoms with E-state index in [1.807, 2.05) is 44.4 Å². The first-order valence-electron chi connectivity index (χ1n) is 6.19. The topological polar surface area (TPSA) is 94.3 Å². The van der Waals surface area contributed by atoms with Crippen molar-refractivity contribution in [3.05, 3.63) is 54.6 Å². The summed E-state index contributed by atoms with van der Waals surface area (Å²) in [4.78, 5) is 0. The maximum absolute atomic E-state index is 11.0. The van der Waals surface area contributed by atoms with E-state index in [0.29, 0.717) is 5.69 Å². The van der Waals surface area contributed by atoms with Gasteiger partial charge in [0.05, 0.1) is 0 Å². The molecule has 0 aromatic heterocycles.